The van der Waals surface area contributed by atoms with Crippen molar-refractivity contribution < 1.29 is 33.4 Å². The van der Waals surface area contributed by atoms with E-state index in [1.807, 2.05) is 42.6 Å². The number of aliphatic hydroxyl groups excluding tert-OH is 2. The van der Waals surface area contributed by atoms with Crippen molar-refractivity contribution in [3.63, 3.8) is 0 Å². The maximum atomic E-state index is 13.9. The molecule has 1 fully saturated rings. The third-order valence-corrected chi connectivity index (χ3v) is 11.0. The van der Waals surface area contributed by atoms with Crippen molar-refractivity contribution in [1.82, 2.24) is 24.8 Å². The lowest BCUT2D eigenvalue weighted by atomic mass is 9.85. The fourth-order valence-electron chi connectivity index (χ4n) is 5.38. The minimum Gasteiger partial charge on any atom is -0.411 e. The zero-order chi connectivity index (χ0) is 34.8. The van der Waals surface area contributed by atoms with Crippen LogP contribution in [0.1, 0.15) is 48.0 Å². The molecule has 0 spiro atoms. The van der Waals surface area contributed by atoms with E-state index in [4.69, 9.17) is 5.21 Å². The van der Waals surface area contributed by atoms with Gasteiger partial charge in [-0.3, -0.25) is 4.79 Å². The maximum absolute atomic E-state index is 13.9. The van der Waals surface area contributed by atoms with E-state index in [1.165, 1.54) is 57.9 Å². The molecule has 2 aromatic carbocycles. The van der Waals surface area contributed by atoms with Crippen molar-refractivity contribution in [1.29, 1.82) is 0 Å². The second-order valence-corrected chi connectivity index (χ2v) is 15.2. The first-order valence-electron chi connectivity index (χ1n) is 15.8. The topological polar surface area (TPSA) is 185 Å². The molecule has 1 aliphatic carbocycles. The average Bonchev–Trinajstić information content (AvgIpc) is 3.44. The molecule has 4 rings (SSSR count). The van der Waals surface area contributed by atoms with Gasteiger partial charge in [-0.2, -0.15) is 4.31 Å². The van der Waals surface area contributed by atoms with E-state index in [1.54, 1.807) is 7.05 Å². The Morgan fingerprint density at radius 2 is 1.79 bits per heavy atom. The zero-order valence-electron chi connectivity index (χ0n) is 27.3. The molecule has 48 heavy (non-hydrogen) atoms. The Kier molecular flexibility index (Phi) is 13.1. The van der Waals surface area contributed by atoms with Crippen LogP contribution in [-0.4, -0.2) is 101 Å². The number of carbonyl (C=O) groups is 2. The number of aryl methyl sites for hydroxylation is 1. The van der Waals surface area contributed by atoms with E-state index in [0.29, 0.717) is 11.3 Å². The minimum absolute atomic E-state index is 0.0153. The highest BCUT2D eigenvalue weighted by atomic mass is 32.2. The Morgan fingerprint density at radius 3 is 2.35 bits per heavy atom. The van der Waals surface area contributed by atoms with Gasteiger partial charge in [-0.15, -0.1) is 11.3 Å². The second kappa shape index (κ2) is 17.0. The number of benzene rings is 2. The molecule has 3 aromatic rings. The number of hydrogen-bond acceptors (Lipinski definition) is 10. The van der Waals surface area contributed by atoms with E-state index in [-0.39, 0.29) is 36.9 Å². The molecule has 15 heteroatoms. The summed E-state index contributed by atoms with van der Waals surface area (Å²) in [5.74, 6) is -0.597. The van der Waals surface area contributed by atoms with Crippen molar-refractivity contribution in [2.75, 3.05) is 20.1 Å². The summed E-state index contributed by atoms with van der Waals surface area (Å²) in [7, 11) is -2.52. The first-order chi connectivity index (χ1) is 22.9. The quantitative estimate of drug-likeness (QED) is 0.0858. The summed E-state index contributed by atoms with van der Waals surface area (Å²) in [6.07, 6.45) is 1.43. The van der Waals surface area contributed by atoms with Crippen LogP contribution in [0, 0.1) is 12.8 Å². The fraction of sp³-hybridized carbons (Fsp3) is 0.455. The molecule has 1 aliphatic rings. The Labute approximate surface area is 285 Å². The number of amides is 3. The van der Waals surface area contributed by atoms with Crippen LogP contribution < -0.4 is 10.6 Å². The Bertz CT molecular complexity index is 1630. The van der Waals surface area contributed by atoms with E-state index in [0.717, 1.165) is 29.8 Å². The van der Waals surface area contributed by atoms with Crippen LogP contribution >= 0.6 is 11.3 Å². The molecule has 1 saturated carbocycles. The normalized spacial score (nSPS) is 16.2. The van der Waals surface area contributed by atoms with Crippen LogP contribution in [0.4, 0.5) is 4.79 Å². The van der Waals surface area contributed by atoms with Crippen molar-refractivity contribution in [2.45, 2.75) is 75.3 Å². The summed E-state index contributed by atoms with van der Waals surface area (Å²) < 4.78 is 29.0. The molecule has 0 unspecified atom stereocenters. The van der Waals surface area contributed by atoms with Crippen LogP contribution in [-0.2, 0) is 27.8 Å². The van der Waals surface area contributed by atoms with Crippen molar-refractivity contribution in [3.8, 4) is 0 Å². The lowest BCUT2D eigenvalue weighted by molar-refractivity contribution is -0.127. The second-order valence-electron chi connectivity index (χ2n) is 12.2. The first-order valence-corrected chi connectivity index (χ1v) is 18.1. The zero-order valence-corrected chi connectivity index (χ0v) is 28.9. The molecule has 1 aromatic heterocycles. The highest BCUT2D eigenvalue weighted by Gasteiger charge is 2.35. The molecule has 5 N–H and O–H groups in total. The number of thiazole rings is 1. The molecular formula is C33H44N6O7S2. The average molecular weight is 701 g/mol. The van der Waals surface area contributed by atoms with Gasteiger partial charge >= 0.3 is 6.03 Å². The summed E-state index contributed by atoms with van der Waals surface area (Å²) in [5.41, 5.74) is 1.99. The van der Waals surface area contributed by atoms with Crippen LogP contribution in [0.3, 0.4) is 0 Å². The van der Waals surface area contributed by atoms with Gasteiger partial charge in [-0.1, -0.05) is 54.0 Å². The van der Waals surface area contributed by atoms with E-state index < -0.39 is 46.3 Å². The van der Waals surface area contributed by atoms with Gasteiger partial charge in [0.15, 0.2) is 0 Å². The van der Waals surface area contributed by atoms with Crippen LogP contribution in [0.5, 0.6) is 0 Å². The SMILES string of the molecule is Cc1nc(CN(C)C(=O)N[C@H](C(=O)N[C@@H](Cc2ccccc2)[C@@H](O)CN(CC2CCC2)S(=O)(=O)c2ccc(C=NO)cc2)[C@H](C)O)cs1. The molecular weight excluding hydrogens is 657 g/mol. The number of sulfonamides is 1. The molecule has 3 amide bonds. The third-order valence-electron chi connectivity index (χ3n) is 8.35. The van der Waals surface area contributed by atoms with E-state index >= 15 is 0 Å². The number of oxime groups is 1. The fourth-order valence-corrected chi connectivity index (χ4v) is 7.52. The van der Waals surface area contributed by atoms with Crippen molar-refractivity contribution in [2.24, 2.45) is 11.1 Å². The smallest absolute Gasteiger partial charge is 0.318 e. The summed E-state index contributed by atoms with van der Waals surface area (Å²) in [4.78, 5) is 32.4. The number of carbonyl (C=O) groups excluding carboxylic acids is 2. The third kappa shape index (κ3) is 10.1. The lowest BCUT2D eigenvalue weighted by Gasteiger charge is -2.35. The predicted octanol–water partition coefficient (Wildman–Crippen LogP) is 2.73. The molecule has 0 saturated heterocycles. The minimum atomic E-state index is -4.07. The number of aromatic nitrogens is 1. The number of nitrogens with zero attached hydrogens (tertiary/aromatic N) is 4. The van der Waals surface area contributed by atoms with E-state index in [9.17, 15) is 28.2 Å². The number of rotatable bonds is 16. The number of hydrogen-bond donors (Lipinski definition) is 5. The van der Waals surface area contributed by atoms with Gasteiger partial charge in [0.1, 0.15) is 6.04 Å². The number of aliphatic hydroxyl groups is 2. The van der Waals surface area contributed by atoms with Gasteiger partial charge in [0.25, 0.3) is 0 Å². The van der Waals surface area contributed by atoms with Gasteiger partial charge in [0, 0.05) is 25.5 Å². The van der Waals surface area contributed by atoms with Gasteiger partial charge in [0.2, 0.25) is 15.9 Å². The Hall–Kier alpha value is -3.89. The standard InChI is InChI=1S/C33H44N6O7S2/c1-22(40)31(37-33(43)38(3)19-27-21-47-23(2)35-27)32(42)36-29(16-24-8-5-4-6-9-24)30(41)20-39(18-26-10-7-11-26)48(45,46)28-14-12-25(13-15-28)17-34-44/h4-6,8-9,12-15,17,21-22,26,29-31,40-41,44H,7,10-11,16,18-20H2,1-3H3,(H,36,42)(H,37,43)/t22-,29-,30-,31-/m0/s1. The summed E-state index contributed by atoms with van der Waals surface area (Å²) in [6, 6.07) is 12.0. The van der Waals surface area contributed by atoms with Gasteiger partial charge < -0.3 is 31.0 Å². The van der Waals surface area contributed by atoms with Crippen molar-refractivity contribution in [3.05, 3.63) is 81.8 Å². The van der Waals surface area contributed by atoms with Crippen molar-refractivity contribution >= 4 is 39.5 Å². The maximum Gasteiger partial charge on any atom is 0.318 e. The highest BCUT2D eigenvalue weighted by Crippen LogP contribution is 2.30. The molecule has 260 valence electrons. The first kappa shape index (κ1) is 36.9. The monoisotopic (exact) mass is 700 g/mol. The summed E-state index contributed by atoms with van der Waals surface area (Å²) >= 11 is 1.45. The largest absolute Gasteiger partial charge is 0.411 e. The summed E-state index contributed by atoms with van der Waals surface area (Å²) in [5, 5.41) is 42.0. The molecule has 13 nitrogen and oxygen atoms in total. The van der Waals surface area contributed by atoms with E-state index in [2.05, 4.69) is 20.8 Å². The molecule has 0 bridgehead atoms. The van der Waals surface area contributed by atoms with Gasteiger partial charge in [-0.25, -0.2) is 18.2 Å². The summed E-state index contributed by atoms with van der Waals surface area (Å²) in [6.45, 7) is 3.32. The molecule has 0 aliphatic heterocycles. The van der Waals surface area contributed by atoms with Crippen LogP contribution in [0.15, 0.2) is 70.0 Å². The van der Waals surface area contributed by atoms with Crippen LogP contribution in [0.2, 0.25) is 0 Å². The predicted molar refractivity (Wildman–Crippen MR) is 182 cm³/mol. The van der Waals surface area contributed by atoms with Gasteiger partial charge in [-0.05, 0) is 62.3 Å². The lowest BCUT2D eigenvalue weighted by Crippen LogP contribution is -2.59. The Balaban J connectivity index is 1.54. The van der Waals surface area contributed by atoms with Crippen LogP contribution in [0.25, 0.3) is 0 Å². The molecule has 0 radical (unpaired) electrons. The molecule has 4 atom stereocenters. The highest BCUT2D eigenvalue weighted by molar-refractivity contribution is 7.89. The van der Waals surface area contributed by atoms with Gasteiger partial charge in [0.05, 0.1) is 46.6 Å². The number of nitrogens with one attached hydrogen (secondary N) is 2. The number of urea groups is 1. The Morgan fingerprint density at radius 1 is 1.10 bits per heavy atom. The molecule has 1 heterocycles.